The third kappa shape index (κ3) is 3.50. The van der Waals surface area contributed by atoms with E-state index in [2.05, 4.69) is 5.32 Å². The van der Waals surface area contributed by atoms with Gasteiger partial charge in [-0.25, -0.2) is 9.00 Å². The molecule has 0 aliphatic carbocycles. The van der Waals surface area contributed by atoms with Gasteiger partial charge in [-0.3, -0.25) is 0 Å². The zero-order chi connectivity index (χ0) is 11.4. The molecule has 0 aliphatic rings. The number of hydrogen-bond donors (Lipinski definition) is 3. The molecule has 0 saturated heterocycles. The van der Waals surface area contributed by atoms with Crippen LogP contribution in [0.2, 0.25) is 5.02 Å². The molecule has 3 N–H and O–H groups in total. The first-order chi connectivity index (χ1) is 7.00. The molecule has 7 heteroatoms. The number of halogens is 1. The van der Waals surface area contributed by atoms with Crippen molar-refractivity contribution in [3.8, 4) is 0 Å². The Balaban J connectivity index is 2.82. The van der Waals surface area contributed by atoms with E-state index in [0.717, 1.165) is 0 Å². The summed E-state index contributed by atoms with van der Waals surface area (Å²) in [6, 6.07) is 4.19. The van der Waals surface area contributed by atoms with Crippen LogP contribution < -0.4 is 5.32 Å². The Morgan fingerprint density at radius 3 is 2.67 bits per heavy atom. The molecule has 0 aliphatic heterocycles. The van der Waals surface area contributed by atoms with Crippen LogP contribution in [0.25, 0.3) is 0 Å². The zero-order valence-corrected chi connectivity index (χ0v) is 9.01. The van der Waals surface area contributed by atoms with Gasteiger partial charge in [0, 0.05) is 5.69 Å². The molecule has 0 amide bonds. The van der Waals surface area contributed by atoms with Crippen LogP contribution >= 0.6 is 11.6 Å². The highest BCUT2D eigenvalue weighted by Crippen LogP contribution is 2.20. The van der Waals surface area contributed by atoms with Crippen LogP contribution in [0, 0.1) is 0 Å². The van der Waals surface area contributed by atoms with Gasteiger partial charge in [-0.2, -0.15) is 0 Å². The molecule has 1 unspecified atom stereocenters. The van der Waals surface area contributed by atoms with Crippen molar-refractivity contribution < 1.29 is 18.7 Å². The van der Waals surface area contributed by atoms with E-state index in [1.165, 1.54) is 18.2 Å². The normalized spacial score (nSPS) is 12.1. The number of carboxylic acid groups (broad SMARTS) is 1. The number of rotatable bonds is 4. The van der Waals surface area contributed by atoms with E-state index in [4.69, 9.17) is 21.3 Å². The first-order valence-electron chi connectivity index (χ1n) is 3.85. The first kappa shape index (κ1) is 12.0. The Morgan fingerprint density at radius 1 is 1.53 bits per heavy atom. The van der Waals surface area contributed by atoms with Crippen molar-refractivity contribution in [1.82, 2.24) is 0 Å². The Morgan fingerprint density at radius 2 is 2.20 bits per heavy atom. The molecule has 15 heavy (non-hydrogen) atoms. The van der Waals surface area contributed by atoms with Crippen molar-refractivity contribution >= 4 is 34.3 Å². The minimum atomic E-state index is -1.96. The van der Waals surface area contributed by atoms with Gasteiger partial charge in [0.25, 0.3) is 0 Å². The van der Waals surface area contributed by atoms with Gasteiger partial charge in [0.2, 0.25) is 0 Å². The summed E-state index contributed by atoms with van der Waals surface area (Å²) in [6.07, 6.45) is 0. The molecule has 5 nitrogen and oxygen atoms in total. The lowest BCUT2D eigenvalue weighted by Crippen LogP contribution is -2.07. The maximum absolute atomic E-state index is 10.6. The standard InChI is InChI=1S/C8H8ClNO4S/c9-7-3-5(10-4-15(13)14)1-2-6(7)8(11)12/h1-3,10H,4H2,(H,11,12)(H,13,14). The molecule has 1 rings (SSSR count). The van der Waals surface area contributed by atoms with Crippen molar-refractivity contribution in [2.45, 2.75) is 0 Å². The number of benzene rings is 1. The number of hydrogen-bond acceptors (Lipinski definition) is 3. The maximum Gasteiger partial charge on any atom is 0.337 e. The van der Waals surface area contributed by atoms with E-state index in [-0.39, 0.29) is 16.5 Å². The summed E-state index contributed by atoms with van der Waals surface area (Å²) in [6.45, 7) is 0. The quantitative estimate of drug-likeness (QED) is 0.706. The number of aromatic carboxylic acids is 1. The van der Waals surface area contributed by atoms with Gasteiger partial charge in [-0.1, -0.05) is 11.6 Å². The lowest BCUT2D eigenvalue weighted by molar-refractivity contribution is 0.0697. The third-order valence-electron chi connectivity index (χ3n) is 1.60. The topological polar surface area (TPSA) is 86.6 Å². The summed E-state index contributed by atoms with van der Waals surface area (Å²) >= 11 is 3.72. The average molecular weight is 250 g/mol. The van der Waals surface area contributed by atoms with Crippen molar-refractivity contribution in [3.05, 3.63) is 28.8 Å². The second-order valence-electron chi connectivity index (χ2n) is 2.64. The van der Waals surface area contributed by atoms with E-state index in [9.17, 15) is 9.00 Å². The first-order valence-corrected chi connectivity index (χ1v) is 5.50. The summed E-state index contributed by atoms with van der Waals surface area (Å²) < 4.78 is 18.9. The van der Waals surface area contributed by atoms with Crippen LogP contribution in [-0.4, -0.2) is 25.7 Å². The van der Waals surface area contributed by atoms with Gasteiger partial charge in [0.15, 0.2) is 11.1 Å². The minimum absolute atomic E-state index is 0.00709. The van der Waals surface area contributed by atoms with Crippen molar-refractivity contribution in [2.24, 2.45) is 0 Å². The molecular formula is C8H8ClNO4S. The molecule has 1 aromatic rings. The van der Waals surface area contributed by atoms with Crippen LogP contribution in [0.15, 0.2) is 18.2 Å². The summed E-state index contributed by atoms with van der Waals surface area (Å²) in [4.78, 5) is 10.6. The van der Waals surface area contributed by atoms with E-state index < -0.39 is 17.0 Å². The van der Waals surface area contributed by atoms with Crippen molar-refractivity contribution in [1.29, 1.82) is 0 Å². The fraction of sp³-hybridized carbons (Fsp3) is 0.125. The fourth-order valence-electron chi connectivity index (χ4n) is 0.944. The molecular weight excluding hydrogens is 242 g/mol. The zero-order valence-electron chi connectivity index (χ0n) is 7.44. The number of carbonyl (C=O) groups is 1. The lowest BCUT2D eigenvalue weighted by Gasteiger charge is -2.05. The predicted molar refractivity (Wildman–Crippen MR) is 57.7 cm³/mol. The fourth-order valence-corrected chi connectivity index (χ4v) is 1.50. The van der Waals surface area contributed by atoms with Crippen molar-refractivity contribution in [3.63, 3.8) is 0 Å². The minimum Gasteiger partial charge on any atom is -0.478 e. The van der Waals surface area contributed by atoms with Gasteiger partial charge >= 0.3 is 5.97 Å². The van der Waals surface area contributed by atoms with Crippen molar-refractivity contribution in [2.75, 3.05) is 11.2 Å². The molecule has 0 heterocycles. The van der Waals surface area contributed by atoms with Gasteiger partial charge in [0.1, 0.15) is 5.88 Å². The average Bonchev–Trinajstić information content (AvgIpc) is 2.14. The highest BCUT2D eigenvalue weighted by molar-refractivity contribution is 7.79. The van der Waals surface area contributed by atoms with Crippen LogP contribution in [0.3, 0.4) is 0 Å². The van der Waals surface area contributed by atoms with E-state index in [1.54, 1.807) is 0 Å². The van der Waals surface area contributed by atoms with Gasteiger partial charge in [-0.15, -0.1) is 0 Å². The molecule has 1 atom stereocenters. The number of carboxylic acids is 1. The molecule has 82 valence electrons. The summed E-state index contributed by atoms with van der Waals surface area (Å²) in [5.41, 5.74) is 0.486. The molecule has 1 aromatic carbocycles. The second-order valence-corrected chi connectivity index (χ2v) is 3.98. The smallest absolute Gasteiger partial charge is 0.337 e. The summed E-state index contributed by atoms with van der Waals surface area (Å²) in [7, 11) is 0. The molecule has 0 saturated carbocycles. The SMILES string of the molecule is O=C(O)c1ccc(NCS(=O)O)cc1Cl. The Kier molecular flexibility index (Phi) is 4.07. The van der Waals surface area contributed by atoms with E-state index in [0.29, 0.717) is 5.69 Å². The number of anilines is 1. The Labute approximate surface area is 93.3 Å². The number of nitrogens with one attached hydrogen (secondary N) is 1. The van der Waals surface area contributed by atoms with E-state index >= 15 is 0 Å². The summed E-state index contributed by atoms with van der Waals surface area (Å²) in [5, 5.41) is 11.4. The second kappa shape index (κ2) is 5.11. The highest BCUT2D eigenvalue weighted by Gasteiger charge is 2.08. The van der Waals surface area contributed by atoms with Gasteiger partial charge in [-0.05, 0) is 18.2 Å². The molecule has 0 aromatic heterocycles. The third-order valence-corrected chi connectivity index (χ3v) is 2.30. The van der Waals surface area contributed by atoms with Crippen LogP contribution in [0.1, 0.15) is 10.4 Å². The van der Waals surface area contributed by atoms with Gasteiger partial charge in [0.05, 0.1) is 10.6 Å². The maximum atomic E-state index is 10.6. The predicted octanol–water partition coefficient (Wildman–Crippen LogP) is 1.63. The molecule has 0 spiro atoms. The summed E-state index contributed by atoms with van der Waals surface area (Å²) in [5.74, 6) is -1.25. The largest absolute Gasteiger partial charge is 0.478 e. The Bertz CT molecular complexity index is 410. The van der Waals surface area contributed by atoms with Gasteiger partial charge < -0.3 is 15.0 Å². The van der Waals surface area contributed by atoms with Crippen LogP contribution in [-0.2, 0) is 11.1 Å². The molecule has 0 radical (unpaired) electrons. The van der Waals surface area contributed by atoms with Crippen LogP contribution in [0.4, 0.5) is 5.69 Å². The van der Waals surface area contributed by atoms with Crippen LogP contribution in [0.5, 0.6) is 0 Å². The molecule has 0 fully saturated rings. The highest BCUT2D eigenvalue weighted by atomic mass is 35.5. The lowest BCUT2D eigenvalue weighted by atomic mass is 10.2. The molecule has 0 bridgehead atoms. The van der Waals surface area contributed by atoms with E-state index in [1.807, 2.05) is 0 Å². The monoisotopic (exact) mass is 249 g/mol. The Hall–Kier alpha value is -1.11.